The highest BCUT2D eigenvalue weighted by Crippen LogP contribution is 2.35. The Morgan fingerprint density at radius 2 is 1.81 bits per heavy atom. The second kappa shape index (κ2) is 8.76. The average Bonchev–Trinajstić information content (AvgIpc) is 2.76. The van der Waals surface area contributed by atoms with Crippen LogP contribution in [0.3, 0.4) is 0 Å². The van der Waals surface area contributed by atoms with Crippen molar-refractivity contribution in [3.63, 3.8) is 0 Å². The monoisotopic (exact) mass is 451 g/mol. The largest absolute Gasteiger partial charge is 0.482 e. The van der Waals surface area contributed by atoms with Crippen LogP contribution in [0.25, 0.3) is 0 Å². The summed E-state index contributed by atoms with van der Waals surface area (Å²) in [6, 6.07) is 4.69. The summed E-state index contributed by atoms with van der Waals surface area (Å²) in [7, 11) is -3.74. The zero-order valence-electron chi connectivity index (χ0n) is 18.0. The lowest BCUT2D eigenvalue weighted by molar-refractivity contribution is -0.137. The van der Waals surface area contributed by atoms with E-state index in [-0.39, 0.29) is 55.0 Å². The van der Waals surface area contributed by atoms with Gasteiger partial charge in [-0.25, -0.2) is 8.42 Å². The van der Waals surface area contributed by atoms with E-state index in [2.05, 4.69) is 0 Å². The molecule has 3 aliphatic heterocycles. The third-order valence-corrected chi connectivity index (χ3v) is 8.15. The topological polar surface area (TPSA) is 96.5 Å². The molecule has 31 heavy (non-hydrogen) atoms. The van der Waals surface area contributed by atoms with E-state index in [1.54, 1.807) is 6.07 Å². The number of hydrogen-bond donors (Lipinski definition) is 0. The first-order valence-electron chi connectivity index (χ1n) is 10.8. The molecule has 0 aromatic heterocycles. The molecule has 4 rings (SSSR count). The molecule has 1 aromatic carbocycles. The molecule has 0 saturated carbocycles. The molecule has 0 spiro atoms. The SMILES string of the molecule is C[C@@H]1CCC[C@H](C)N1C(=O)CN1C(=O)COc2ccc(S(=O)(=O)N3CCOCC3)cc21. The number of carbonyl (C=O) groups excluding carboxylic acids is 2. The predicted octanol–water partition coefficient (Wildman–Crippen LogP) is 1.22. The highest BCUT2D eigenvalue weighted by atomic mass is 32.2. The normalized spacial score (nSPS) is 25.2. The Balaban J connectivity index is 1.62. The lowest BCUT2D eigenvalue weighted by Crippen LogP contribution is -2.53. The van der Waals surface area contributed by atoms with Crippen molar-refractivity contribution in [1.82, 2.24) is 9.21 Å². The molecule has 1 aromatic rings. The smallest absolute Gasteiger partial charge is 0.265 e. The first kappa shape index (κ1) is 22.0. The summed E-state index contributed by atoms with van der Waals surface area (Å²) in [4.78, 5) is 29.1. The van der Waals surface area contributed by atoms with Gasteiger partial charge in [-0.1, -0.05) is 0 Å². The Bertz CT molecular complexity index is 950. The van der Waals surface area contributed by atoms with Crippen LogP contribution >= 0.6 is 0 Å². The van der Waals surface area contributed by atoms with Crippen LogP contribution in [0.2, 0.25) is 0 Å². The molecule has 2 saturated heterocycles. The van der Waals surface area contributed by atoms with Crippen molar-refractivity contribution in [2.24, 2.45) is 0 Å². The number of sulfonamides is 1. The van der Waals surface area contributed by atoms with Crippen LogP contribution in [0.4, 0.5) is 5.69 Å². The number of likely N-dealkylation sites (tertiary alicyclic amines) is 1. The highest BCUT2D eigenvalue weighted by Gasteiger charge is 2.35. The maximum atomic E-state index is 13.1. The van der Waals surface area contributed by atoms with E-state index in [1.807, 2.05) is 18.7 Å². The molecule has 2 amide bonds. The summed E-state index contributed by atoms with van der Waals surface area (Å²) in [5.41, 5.74) is 0.316. The summed E-state index contributed by atoms with van der Waals surface area (Å²) >= 11 is 0. The number of rotatable bonds is 4. The summed E-state index contributed by atoms with van der Waals surface area (Å²) < 4.78 is 38.3. The molecule has 2 atom stereocenters. The van der Waals surface area contributed by atoms with E-state index in [1.165, 1.54) is 21.3 Å². The summed E-state index contributed by atoms with van der Waals surface area (Å²) in [6.07, 6.45) is 2.95. The van der Waals surface area contributed by atoms with Gasteiger partial charge in [0.25, 0.3) is 5.91 Å². The maximum Gasteiger partial charge on any atom is 0.265 e. The van der Waals surface area contributed by atoms with Crippen LogP contribution in [0, 0.1) is 0 Å². The van der Waals surface area contributed by atoms with Gasteiger partial charge in [-0.05, 0) is 51.3 Å². The van der Waals surface area contributed by atoms with Crippen LogP contribution in [0.1, 0.15) is 33.1 Å². The standard InChI is InChI=1S/C21H29N3O6S/c1-15-4-3-5-16(2)24(15)20(25)13-23-18-12-17(6-7-19(18)30-14-21(23)26)31(27,28)22-8-10-29-11-9-22/h6-7,12,15-16H,3-5,8-11,13-14H2,1-2H3/t15-,16+. The number of benzene rings is 1. The molecule has 0 unspecified atom stereocenters. The lowest BCUT2D eigenvalue weighted by Gasteiger charge is -2.40. The highest BCUT2D eigenvalue weighted by molar-refractivity contribution is 7.89. The minimum Gasteiger partial charge on any atom is -0.482 e. The Hall–Kier alpha value is -2.17. The van der Waals surface area contributed by atoms with Crippen LogP contribution in [-0.2, 0) is 24.3 Å². The third kappa shape index (κ3) is 4.28. The van der Waals surface area contributed by atoms with Crippen LogP contribution < -0.4 is 9.64 Å². The summed E-state index contributed by atoms with van der Waals surface area (Å²) in [5.74, 6) is -0.102. The number of amides is 2. The minimum atomic E-state index is -3.74. The van der Waals surface area contributed by atoms with Gasteiger partial charge in [0.05, 0.1) is 23.8 Å². The summed E-state index contributed by atoms with van der Waals surface area (Å²) in [6.45, 7) is 4.98. The van der Waals surface area contributed by atoms with Crippen LogP contribution in [0.15, 0.2) is 23.1 Å². The molecule has 10 heteroatoms. The first-order valence-corrected chi connectivity index (χ1v) is 12.2. The predicted molar refractivity (Wildman–Crippen MR) is 113 cm³/mol. The summed E-state index contributed by atoms with van der Waals surface area (Å²) in [5, 5.41) is 0. The fourth-order valence-electron chi connectivity index (χ4n) is 4.58. The van der Waals surface area contributed by atoms with Gasteiger partial charge < -0.3 is 14.4 Å². The van der Waals surface area contributed by atoms with E-state index in [0.717, 1.165) is 19.3 Å². The molecule has 3 aliphatic rings. The number of ether oxygens (including phenoxy) is 2. The molecular formula is C21H29N3O6S. The van der Waals surface area contributed by atoms with E-state index in [4.69, 9.17) is 9.47 Å². The van der Waals surface area contributed by atoms with Gasteiger partial charge in [-0.15, -0.1) is 0 Å². The first-order chi connectivity index (χ1) is 14.8. The van der Waals surface area contributed by atoms with Crippen molar-refractivity contribution in [3.8, 4) is 5.75 Å². The Labute approximate surface area is 182 Å². The van der Waals surface area contributed by atoms with E-state index >= 15 is 0 Å². The number of morpholine rings is 1. The molecule has 0 aliphatic carbocycles. The fourth-order valence-corrected chi connectivity index (χ4v) is 6.01. The van der Waals surface area contributed by atoms with Crippen molar-refractivity contribution < 1.29 is 27.5 Å². The zero-order chi connectivity index (χ0) is 22.2. The average molecular weight is 452 g/mol. The lowest BCUT2D eigenvalue weighted by atomic mass is 9.97. The number of piperidine rings is 1. The Morgan fingerprint density at radius 3 is 2.48 bits per heavy atom. The second-order valence-corrected chi connectivity index (χ2v) is 10.3. The van der Waals surface area contributed by atoms with Gasteiger partial charge in [0.1, 0.15) is 12.3 Å². The van der Waals surface area contributed by atoms with Crippen molar-refractivity contribution >= 4 is 27.5 Å². The molecule has 3 heterocycles. The number of carbonyl (C=O) groups is 2. The van der Waals surface area contributed by atoms with Gasteiger partial charge in [0, 0.05) is 25.2 Å². The second-order valence-electron chi connectivity index (χ2n) is 8.34. The van der Waals surface area contributed by atoms with Gasteiger partial charge in [-0.3, -0.25) is 14.5 Å². The van der Waals surface area contributed by atoms with Gasteiger partial charge in [-0.2, -0.15) is 4.31 Å². The van der Waals surface area contributed by atoms with Gasteiger partial charge in [0.15, 0.2) is 6.61 Å². The molecule has 0 N–H and O–H groups in total. The third-order valence-electron chi connectivity index (χ3n) is 6.26. The van der Waals surface area contributed by atoms with Crippen molar-refractivity contribution in [2.75, 3.05) is 44.4 Å². The van der Waals surface area contributed by atoms with Crippen LogP contribution in [0.5, 0.6) is 5.75 Å². The quantitative estimate of drug-likeness (QED) is 0.683. The minimum absolute atomic E-state index is 0.0728. The van der Waals surface area contributed by atoms with E-state index in [0.29, 0.717) is 24.7 Å². The maximum absolute atomic E-state index is 13.1. The Kier molecular flexibility index (Phi) is 6.23. The molecule has 0 radical (unpaired) electrons. The van der Waals surface area contributed by atoms with Crippen molar-refractivity contribution in [1.29, 1.82) is 0 Å². The molecule has 9 nitrogen and oxygen atoms in total. The van der Waals surface area contributed by atoms with E-state index in [9.17, 15) is 18.0 Å². The van der Waals surface area contributed by atoms with Crippen molar-refractivity contribution in [2.45, 2.75) is 50.1 Å². The molecule has 2 fully saturated rings. The molecular weight excluding hydrogens is 422 g/mol. The fraction of sp³-hybridized carbons (Fsp3) is 0.619. The number of hydrogen-bond acceptors (Lipinski definition) is 6. The number of nitrogens with zero attached hydrogens (tertiary/aromatic N) is 3. The van der Waals surface area contributed by atoms with Crippen LogP contribution in [-0.4, -0.2) is 81.0 Å². The van der Waals surface area contributed by atoms with Gasteiger partial charge in [0.2, 0.25) is 15.9 Å². The zero-order valence-corrected chi connectivity index (χ0v) is 18.8. The number of anilines is 1. The molecule has 170 valence electrons. The van der Waals surface area contributed by atoms with Crippen molar-refractivity contribution in [3.05, 3.63) is 18.2 Å². The number of fused-ring (bicyclic) bond motifs is 1. The Morgan fingerprint density at radius 1 is 1.13 bits per heavy atom. The molecule has 0 bridgehead atoms. The van der Waals surface area contributed by atoms with E-state index < -0.39 is 10.0 Å². The van der Waals surface area contributed by atoms with Gasteiger partial charge >= 0.3 is 0 Å².